The van der Waals surface area contributed by atoms with E-state index < -0.39 is 0 Å². The first kappa shape index (κ1) is 29.4. The first-order chi connectivity index (χ1) is 22.6. The molecule has 0 N–H and O–H groups in total. The number of rotatable bonds is 8. The molecule has 0 spiro atoms. The molecule has 0 aliphatic rings. The summed E-state index contributed by atoms with van der Waals surface area (Å²) in [5.74, 6) is 0. The summed E-state index contributed by atoms with van der Waals surface area (Å²) in [5.41, 5.74) is 10.7. The minimum atomic E-state index is 0.692. The van der Waals surface area contributed by atoms with Gasteiger partial charge in [-0.1, -0.05) is 120 Å². The molecular weight excluding hydrogens is 603 g/mol. The first-order valence-corrected chi connectivity index (χ1v) is 15.9. The van der Waals surface area contributed by atoms with Crippen LogP contribution < -0.4 is 9.80 Å². The van der Waals surface area contributed by atoms with Gasteiger partial charge >= 0.3 is 0 Å². The molecule has 0 fully saturated rings. The molecule has 0 bridgehead atoms. The second kappa shape index (κ2) is 13.4. The van der Waals surface area contributed by atoms with Gasteiger partial charge in [-0.25, -0.2) is 0 Å². The summed E-state index contributed by atoms with van der Waals surface area (Å²) in [5, 5.41) is 1.39. The lowest BCUT2D eigenvalue weighted by atomic mass is 9.93. The van der Waals surface area contributed by atoms with Gasteiger partial charge in [0, 0.05) is 44.2 Å². The van der Waals surface area contributed by atoms with Crippen molar-refractivity contribution < 1.29 is 0 Å². The minimum Gasteiger partial charge on any atom is -0.310 e. The lowest BCUT2D eigenvalue weighted by molar-refractivity contribution is 1.28. The summed E-state index contributed by atoms with van der Waals surface area (Å²) in [6.45, 7) is 0. The molecule has 2 nitrogen and oxygen atoms in total. The Kier molecular flexibility index (Phi) is 8.56. The molecule has 4 heteroatoms. The van der Waals surface area contributed by atoms with Crippen molar-refractivity contribution in [1.29, 1.82) is 0 Å². The number of hydrogen-bond acceptors (Lipinski definition) is 2. The third kappa shape index (κ3) is 6.27. The quantitative estimate of drug-likeness (QED) is 0.164. The predicted octanol–water partition coefficient (Wildman–Crippen LogP) is 13.3. The van der Waals surface area contributed by atoms with E-state index in [0.717, 1.165) is 56.4 Å². The van der Waals surface area contributed by atoms with Crippen LogP contribution in [0.25, 0.3) is 22.3 Å². The van der Waals surface area contributed by atoms with Crippen molar-refractivity contribution in [2.75, 3.05) is 9.80 Å². The van der Waals surface area contributed by atoms with E-state index in [2.05, 4.69) is 143 Å². The van der Waals surface area contributed by atoms with Crippen LogP contribution in [0.4, 0.5) is 34.1 Å². The van der Waals surface area contributed by atoms with Gasteiger partial charge in [0.1, 0.15) is 0 Å². The molecule has 7 aromatic rings. The fourth-order valence-electron chi connectivity index (χ4n) is 5.85. The first-order valence-electron chi connectivity index (χ1n) is 15.2. The van der Waals surface area contributed by atoms with Crippen LogP contribution in [0, 0.1) is 0 Å². The van der Waals surface area contributed by atoms with Gasteiger partial charge in [-0.05, 0) is 107 Å². The summed E-state index contributed by atoms with van der Waals surface area (Å²) in [4.78, 5) is 4.47. The highest BCUT2D eigenvalue weighted by molar-refractivity contribution is 6.31. The highest BCUT2D eigenvalue weighted by Gasteiger charge is 2.18. The number of para-hydroxylation sites is 2. The molecule has 0 aromatic heterocycles. The Labute approximate surface area is 280 Å². The molecule has 0 atom stereocenters. The second-order valence-corrected chi connectivity index (χ2v) is 11.8. The van der Waals surface area contributed by atoms with Gasteiger partial charge in [-0.15, -0.1) is 0 Å². The molecule has 46 heavy (non-hydrogen) atoms. The summed E-state index contributed by atoms with van der Waals surface area (Å²) < 4.78 is 0. The number of hydrogen-bond donors (Lipinski definition) is 0. The van der Waals surface area contributed by atoms with E-state index >= 15 is 0 Å². The van der Waals surface area contributed by atoms with Gasteiger partial charge in [0.05, 0.1) is 0 Å². The Morgan fingerprint density at radius 1 is 0.283 bits per heavy atom. The molecule has 7 rings (SSSR count). The molecular formula is C42H30Cl2N2. The van der Waals surface area contributed by atoms with Crippen LogP contribution in [-0.2, 0) is 0 Å². The van der Waals surface area contributed by atoms with Crippen molar-refractivity contribution in [1.82, 2.24) is 0 Å². The number of halogens is 2. The third-order valence-electron chi connectivity index (χ3n) is 7.94. The van der Waals surface area contributed by atoms with Crippen LogP contribution in [0.3, 0.4) is 0 Å². The Bertz CT molecular complexity index is 2060. The predicted molar refractivity (Wildman–Crippen MR) is 197 cm³/mol. The zero-order valence-corrected chi connectivity index (χ0v) is 26.5. The second-order valence-electron chi connectivity index (χ2n) is 10.9. The number of anilines is 6. The molecule has 0 radical (unpaired) electrons. The van der Waals surface area contributed by atoms with Gasteiger partial charge in [0.2, 0.25) is 0 Å². The maximum Gasteiger partial charge on any atom is 0.0476 e. The van der Waals surface area contributed by atoms with Gasteiger partial charge in [-0.2, -0.15) is 0 Å². The normalized spacial score (nSPS) is 10.8. The van der Waals surface area contributed by atoms with Gasteiger partial charge in [0.25, 0.3) is 0 Å². The lowest BCUT2D eigenvalue weighted by Gasteiger charge is -2.27. The van der Waals surface area contributed by atoms with Crippen molar-refractivity contribution in [2.45, 2.75) is 0 Å². The average Bonchev–Trinajstić information content (AvgIpc) is 3.10. The monoisotopic (exact) mass is 632 g/mol. The zero-order chi connectivity index (χ0) is 31.3. The van der Waals surface area contributed by atoms with Crippen LogP contribution in [-0.4, -0.2) is 0 Å². The van der Waals surface area contributed by atoms with E-state index in [0.29, 0.717) is 10.0 Å². The number of benzene rings is 7. The van der Waals surface area contributed by atoms with E-state index in [9.17, 15) is 0 Å². The molecule has 0 saturated heterocycles. The fourth-order valence-corrected chi connectivity index (χ4v) is 6.22. The van der Waals surface area contributed by atoms with Crippen LogP contribution in [0.2, 0.25) is 10.0 Å². The van der Waals surface area contributed by atoms with Crippen LogP contribution in [0.1, 0.15) is 0 Å². The standard InChI is InChI=1S/C42H30Cl2N2/c43-33-14-10-20-38(28-33)45(35-16-6-2-7-17-35)37-24-22-32(23-25-37)42-30-40(26-27-41(42)31-12-4-1-5-13-31)46(36-18-8-3-9-19-36)39-21-11-15-34(44)29-39/h1-30H. The summed E-state index contributed by atoms with van der Waals surface area (Å²) in [6, 6.07) is 62.7. The minimum absolute atomic E-state index is 0.692. The topological polar surface area (TPSA) is 6.48 Å². The van der Waals surface area contributed by atoms with Gasteiger partial charge in [0.15, 0.2) is 0 Å². The smallest absolute Gasteiger partial charge is 0.0476 e. The van der Waals surface area contributed by atoms with Crippen LogP contribution in [0.5, 0.6) is 0 Å². The summed E-state index contributed by atoms with van der Waals surface area (Å²) >= 11 is 12.9. The van der Waals surface area contributed by atoms with Crippen LogP contribution in [0.15, 0.2) is 182 Å². The highest BCUT2D eigenvalue weighted by atomic mass is 35.5. The van der Waals surface area contributed by atoms with Crippen molar-refractivity contribution in [2.24, 2.45) is 0 Å². The molecule has 0 heterocycles. The largest absolute Gasteiger partial charge is 0.310 e. The fraction of sp³-hybridized carbons (Fsp3) is 0. The number of nitrogens with zero attached hydrogens (tertiary/aromatic N) is 2. The highest BCUT2D eigenvalue weighted by Crippen LogP contribution is 2.42. The van der Waals surface area contributed by atoms with E-state index in [1.54, 1.807) is 0 Å². The van der Waals surface area contributed by atoms with E-state index in [4.69, 9.17) is 23.2 Å². The molecule has 222 valence electrons. The van der Waals surface area contributed by atoms with Gasteiger partial charge in [-0.3, -0.25) is 0 Å². The SMILES string of the molecule is Clc1cccc(N(c2ccccc2)c2ccc(-c3cc(N(c4ccccc4)c4cccc(Cl)c4)ccc3-c3ccccc3)cc2)c1. The van der Waals surface area contributed by atoms with Crippen molar-refractivity contribution in [3.05, 3.63) is 192 Å². The molecule has 0 aliphatic heterocycles. The Balaban J connectivity index is 1.37. The maximum atomic E-state index is 6.50. The maximum absolute atomic E-state index is 6.50. The van der Waals surface area contributed by atoms with E-state index in [-0.39, 0.29) is 0 Å². The molecule has 0 aliphatic carbocycles. The van der Waals surface area contributed by atoms with E-state index in [1.807, 2.05) is 48.5 Å². The molecule has 0 unspecified atom stereocenters. The van der Waals surface area contributed by atoms with Crippen LogP contribution >= 0.6 is 23.2 Å². The van der Waals surface area contributed by atoms with E-state index in [1.165, 1.54) is 0 Å². The lowest BCUT2D eigenvalue weighted by Crippen LogP contribution is -2.10. The molecule has 7 aromatic carbocycles. The van der Waals surface area contributed by atoms with Crippen molar-refractivity contribution in [3.63, 3.8) is 0 Å². The Morgan fingerprint density at radius 3 is 1.20 bits per heavy atom. The molecule has 0 amide bonds. The van der Waals surface area contributed by atoms with Crippen molar-refractivity contribution in [3.8, 4) is 22.3 Å². The summed E-state index contributed by atoms with van der Waals surface area (Å²) in [7, 11) is 0. The third-order valence-corrected chi connectivity index (χ3v) is 8.41. The molecule has 0 saturated carbocycles. The summed E-state index contributed by atoms with van der Waals surface area (Å²) in [6.07, 6.45) is 0. The van der Waals surface area contributed by atoms with Gasteiger partial charge < -0.3 is 9.80 Å². The zero-order valence-electron chi connectivity index (χ0n) is 25.0. The Morgan fingerprint density at radius 2 is 0.674 bits per heavy atom. The Hall–Kier alpha value is -5.28. The van der Waals surface area contributed by atoms with Crippen molar-refractivity contribution >= 4 is 57.3 Å². The average molecular weight is 634 g/mol.